The molecule has 2 amide bonds. The van der Waals surface area contributed by atoms with Gasteiger partial charge in [-0.2, -0.15) is 0 Å². The van der Waals surface area contributed by atoms with Crippen molar-refractivity contribution in [2.75, 3.05) is 16.6 Å². The number of amides is 2. The third kappa shape index (κ3) is 5.95. The number of para-hydroxylation sites is 1. The monoisotopic (exact) mass is 451 g/mol. The number of nitrogens with one attached hydrogen (secondary N) is 3. The van der Waals surface area contributed by atoms with Crippen LogP contribution in [0.4, 0.5) is 11.4 Å². The SMILES string of the molecule is CCCCNC(=O)c1ccccc1NC(=O)c1ccc(NS(=O)(=O)c2ccccc2)cc1. The smallest absolute Gasteiger partial charge is 0.261 e. The predicted octanol–water partition coefficient (Wildman–Crippen LogP) is 4.27. The Morgan fingerprint density at radius 2 is 1.47 bits per heavy atom. The van der Waals surface area contributed by atoms with E-state index in [0.717, 1.165) is 12.8 Å². The van der Waals surface area contributed by atoms with E-state index >= 15 is 0 Å². The lowest BCUT2D eigenvalue weighted by Gasteiger charge is -2.12. The van der Waals surface area contributed by atoms with Gasteiger partial charge in [-0.3, -0.25) is 14.3 Å². The highest BCUT2D eigenvalue weighted by Gasteiger charge is 2.16. The molecule has 0 aliphatic heterocycles. The molecule has 0 aliphatic carbocycles. The van der Waals surface area contributed by atoms with E-state index < -0.39 is 15.9 Å². The van der Waals surface area contributed by atoms with E-state index in [1.807, 2.05) is 6.92 Å². The fourth-order valence-electron chi connectivity index (χ4n) is 2.96. The van der Waals surface area contributed by atoms with Gasteiger partial charge >= 0.3 is 0 Å². The van der Waals surface area contributed by atoms with Crippen molar-refractivity contribution in [3.8, 4) is 0 Å². The first-order valence-electron chi connectivity index (χ1n) is 10.3. The van der Waals surface area contributed by atoms with E-state index in [0.29, 0.717) is 29.0 Å². The average molecular weight is 452 g/mol. The molecule has 166 valence electrons. The normalized spacial score (nSPS) is 10.9. The summed E-state index contributed by atoms with van der Waals surface area (Å²) in [5.74, 6) is -0.656. The summed E-state index contributed by atoms with van der Waals surface area (Å²) in [6.07, 6.45) is 1.84. The summed E-state index contributed by atoms with van der Waals surface area (Å²) in [6, 6.07) is 20.9. The van der Waals surface area contributed by atoms with Crippen LogP contribution in [0.25, 0.3) is 0 Å². The molecule has 0 unspecified atom stereocenters. The standard InChI is InChI=1S/C24H25N3O4S/c1-2-3-17-25-24(29)21-11-7-8-12-22(21)26-23(28)18-13-15-19(16-14-18)27-32(30,31)20-9-5-4-6-10-20/h4-16,27H,2-3,17H2,1H3,(H,25,29)(H,26,28). The van der Waals surface area contributed by atoms with Gasteiger partial charge < -0.3 is 10.6 Å². The quantitative estimate of drug-likeness (QED) is 0.423. The number of anilines is 2. The number of carbonyl (C=O) groups excluding carboxylic acids is 2. The minimum atomic E-state index is -3.71. The summed E-state index contributed by atoms with van der Waals surface area (Å²) >= 11 is 0. The van der Waals surface area contributed by atoms with Crippen LogP contribution in [0.15, 0.2) is 83.8 Å². The second-order valence-corrected chi connectivity index (χ2v) is 8.79. The van der Waals surface area contributed by atoms with Crippen molar-refractivity contribution in [2.24, 2.45) is 0 Å². The van der Waals surface area contributed by atoms with Crippen LogP contribution < -0.4 is 15.4 Å². The van der Waals surface area contributed by atoms with Crippen molar-refractivity contribution in [2.45, 2.75) is 24.7 Å². The summed E-state index contributed by atoms with van der Waals surface area (Å²) in [5.41, 5.74) is 1.44. The molecule has 0 saturated heterocycles. The first-order valence-corrected chi connectivity index (χ1v) is 11.8. The zero-order valence-corrected chi connectivity index (χ0v) is 18.5. The van der Waals surface area contributed by atoms with Gasteiger partial charge in [0.2, 0.25) is 0 Å². The van der Waals surface area contributed by atoms with E-state index in [9.17, 15) is 18.0 Å². The Balaban J connectivity index is 1.69. The second-order valence-electron chi connectivity index (χ2n) is 7.11. The molecule has 0 aromatic heterocycles. The predicted molar refractivity (Wildman–Crippen MR) is 125 cm³/mol. The number of carbonyl (C=O) groups is 2. The van der Waals surface area contributed by atoms with Gasteiger partial charge in [0.25, 0.3) is 21.8 Å². The molecule has 3 aromatic rings. The molecular formula is C24H25N3O4S. The van der Waals surface area contributed by atoms with Crippen LogP contribution in [-0.2, 0) is 10.0 Å². The van der Waals surface area contributed by atoms with Crippen LogP contribution in [0.2, 0.25) is 0 Å². The molecule has 8 heteroatoms. The van der Waals surface area contributed by atoms with E-state index in [-0.39, 0.29) is 10.8 Å². The van der Waals surface area contributed by atoms with E-state index in [2.05, 4.69) is 15.4 Å². The summed E-state index contributed by atoms with van der Waals surface area (Å²) in [5, 5.41) is 5.59. The van der Waals surface area contributed by atoms with E-state index in [1.165, 1.54) is 36.4 Å². The van der Waals surface area contributed by atoms with Gasteiger partial charge in [0.05, 0.1) is 16.1 Å². The minimum Gasteiger partial charge on any atom is -0.352 e. The Labute approximate surface area is 187 Å². The Bertz CT molecular complexity index is 1180. The van der Waals surface area contributed by atoms with Crippen molar-refractivity contribution in [1.29, 1.82) is 0 Å². The van der Waals surface area contributed by atoms with Crippen LogP contribution in [0.1, 0.15) is 40.5 Å². The third-order valence-electron chi connectivity index (χ3n) is 4.69. The molecule has 0 heterocycles. The lowest BCUT2D eigenvalue weighted by molar-refractivity contribution is 0.0954. The van der Waals surface area contributed by atoms with E-state index in [4.69, 9.17) is 0 Å². The number of hydrogen-bond donors (Lipinski definition) is 3. The molecule has 0 atom stereocenters. The molecule has 0 radical (unpaired) electrons. The van der Waals surface area contributed by atoms with Crippen LogP contribution in [0.5, 0.6) is 0 Å². The van der Waals surface area contributed by atoms with E-state index in [1.54, 1.807) is 42.5 Å². The topological polar surface area (TPSA) is 104 Å². The summed E-state index contributed by atoms with van der Waals surface area (Å²) in [4.78, 5) is 25.3. The number of unbranched alkanes of at least 4 members (excludes halogenated alkanes) is 1. The lowest BCUT2D eigenvalue weighted by atomic mass is 10.1. The maximum absolute atomic E-state index is 12.7. The highest BCUT2D eigenvalue weighted by atomic mass is 32.2. The zero-order chi connectivity index (χ0) is 23.0. The highest BCUT2D eigenvalue weighted by Crippen LogP contribution is 2.19. The molecule has 3 aromatic carbocycles. The summed E-state index contributed by atoms with van der Waals surface area (Å²) in [7, 11) is -3.71. The minimum absolute atomic E-state index is 0.149. The van der Waals surface area contributed by atoms with Gasteiger partial charge in [-0.05, 0) is 55.0 Å². The first-order chi connectivity index (χ1) is 15.4. The van der Waals surface area contributed by atoms with Gasteiger partial charge in [0.15, 0.2) is 0 Å². The number of hydrogen-bond acceptors (Lipinski definition) is 4. The van der Waals surface area contributed by atoms with Crippen molar-refractivity contribution in [3.05, 3.63) is 90.0 Å². The number of rotatable bonds is 9. The maximum atomic E-state index is 12.7. The van der Waals surface area contributed by atoms with Crippen LogP contribution >= 0.6 is 0 Å². The van der Waals surface area contributed by atoms with Crippen LogP contribution in [-0.4, -0.2) is 26.8 Å². The van der Waals surface area contributed by atoms with Gasteiger partial charge in [-0.1, -0.05) is 43.7 Å². The molecule has 0 aliphatic rings. The van der Waals surface area contributed by atoms with Crippen LogP contribution in [0.3, 0.4) is 0 Å². The van der Waals surface area contributed by atoms with Crippen LogP contribution in [0, 0.1) is 0 Å². The molecule has 7 nitrogen and oxygen atoms in total. The second kappa shape index (κ2) is 10.6. The molecule has 32 heavy (non-hydrogen) atoms. The largest absolute Gasteiger partial charge is 0.352 e. The highest BCUT2D eigenvalue weighted by molar-refractivity contribution is 7.92. The molecule has 0 spiro atoms. The molecule has 0 bridgehead atoms. The molecular weight excluding hydrogens is 426 g/mol. The molecule has 0 fully saturated rings. The maximum Gasteiger partial charge on any atom is 0.261 e. The Morgan fingerprint density at radius 1 is 0.812 bits per heavy atom. The Morgan fingerprint density at radius 3 is 2.16 bits per heavy atom. The number of benzene rings is 3. The van der Waals surface area contributed by atoms with Gasteiger partial charge in [0.1, 0.15) is 0 Å². The van der Waals surface area contributed by atoms with Crippen molar-refractivity contribution in [3.63, 3.8) is 0 Å². The Hall–Kier alpha value is -3.65. The number of sulfonamides is 1. The summed E-state index contributed by atoms with van der Waals surface area (Å²) in [6.45, 7) is 2.61. The van der Waals surface area contributed by atoms with Gasteiger partial charge in [-0.25, -0.2) is 8.42 Å². The Kier molecular flexibility index (Phi) is 7.62. The molecule has 3 rings (SSSR count). The molecule has 0 saturated carbocycles. The van der Waals surface area contributed by atoms with Crippen molar-refractivity contribution < 1.29 is 18.0 Å². The summed E-state index contributed by atoms with van der Waals surface area (Å²) < 4.78 is 27.3. The van der Waals surface area contributed by atoms with Gasteiger partial charge in [0, 0.05) is 17.8 Å². The first kappa shape index (κ1) is 23.0. The zero-order valence-electron chi connectivity index (χ0n) is 17.7. The van der Waals surface area contributed by atoms with Gasteiger partial charge in [-0.15, -0.1) is 0 Å². The fraction of sp³-hybridized carbons (Fsp3) is 0.167. The fourth-order valence-corrected chi connectivity index (χ4v) is 4.04. The average Bonchev–Trinajstić information content (AvgIpc) is 2.80. The molecule has 3 N–H and O–H groups in total. The van der Waals surface area contributed by atoms with Crippen molar-refractivity contribution >= 4 is 33.2 Å². The van der Waals surface area contributed by atoms with Crippen molar-refractivity contribution in [1.82, 2.24) is 5.32 Å². The lowest BCUT2D eigenvalue weighted by Crippen LogP contribution is -2.26. The third-order valence-corrected chi connectivity index (χ3v) is 6.09.